The lowest BCUT2D eigenvalue weighted by Crippen LogP contribution is -2.10. The fraction of sp³-hybridized carbons (Fsp3) is 0.0556. The van der Waals surface area contributed by atoms with E-state index in [0.717, 1.165) is 33.4 Å². The first-order valence-electron chi connectivity index (χ1n) is 13.6. The molecule has 2 aromatic heterocycles. The van der Waals surface area contributed by atoms with Crippen molar-refractivity contribution >= 4 is 9.84 Å². The Kier molecular flexibility index (Phi) is 7.90. The van der Waals surface area contributed by atoms with Gasteiger partial charge in [0.05, 0.1) is 11.5 Å². The Labute approximate surface area is 249 Å². The molecule has 0 bridgehead atoms. The van der Waals surface area contributed by atoms with Crippen molar-refractivity contribution in [2.45, 2.75) is 11.5 Å². The minimum atomic E-state index is -3.89. The standard InChI is InChI=1S/C36H26F2N2O2S/c37-35-19-27(33-21-39-17-15-31(33)25-7-3-1-4-8-25)11-13-29(35)23-43(41,42)24-30-14-12-28(20-36(30)38)34-22-40-18-16-32(34)26-9-5-2-6-10-26/h1-22H,23-24H2. The minimum absolute atomic E-state index is 0.0220. The molecule has 4 aromatic carbocycles. The molecule has 0 amide bonds. The van der Waals surface area contributed by atoms with Crippen LogP contribution in [0.3, 0.4) is 0 Å². The summed E-state index contributed by atoms with van der Waals surface area (Å²) in [6.07, 6.45) is 6.67. The molecule has 0 aliphatic carbocycles. The molecule has 6 rings (SSSR count). The Balaban J connectivity index is 1.22. The molecule has 7 heteroatoms. The summed E-state index contributed by atoms with van der Waals surface area (Å²) in [4.78, 5) is 8.40. The lowest BCUT2D eigenvalue weighted by Gasteiger charge is -2.13. The Morgan fingerprint density at radius 3 is 1.30 bits per heavy atom. The Bertz CT molecular complexity index is 1870. The van der Waals surface area contributed by atoms with E-state index in [1.807, 2.05) is 72.8 Å². The number of sulfone groups is 1. The molecule has 2 heterocycles. The fourth-order valence-corrected chi connectivity index (χ4v) is 6.69. The van der Waals surface area contributed by atoms with E-state index in [2.05, 4.69) is 9.97 Å². The number of benzene rings is 4. The summed E-state index contributed by atoms with van der Waals surface area (Å²) >= 11 is 0. The smallest absolute Gasteiger partial charge is 0.158 e. The fourth-order valence-electron chi connectivity index (χ4n) is 5.18. The van der Waals surface area contributed by atoms with Crippen molar-refractivity contribution in [3.05, 3.63) is 157 Å². The minimum Gasteiger partial charge on any atom is -0.264 e. The van der Waals surface area contributed by atoms with E-state index in [-0.39, 0.29) is 11.1 Å². The van der Waals surface area contributed by atoms with Crippen molar-refractivity contribution in [3.8, 4) is 44.5 Å². The largest absolute Gasteiger partial charge is 0.264 e. The van der Waals surface area contributed by atoms with Crippen LogP contribution < -0.4 is 0 Å². The van der Waals surface area contributed by atoms with Gasteiger partial charge in [0.1, 0.15) is 11.6 Å². The molecule has 0 atom stereocenters. The second-order valence-electron chi connectivity index (χ2n) is 10.2. The predicted molar refractivity (Wildman–Crippen MR) is 166 cm³/mol. The maximum Gasteiger partial charge on any atom is 0.158 e. The van der Waals surface area contributed by atoms with E-state index in [1.54, 1.807) is 36.9 Å². The molecule has 4 nitrogen and oxygen atoms in total. The summed E-state index contributed by atoms with van der Waals surface area (Å²) in [6, 6.07) is 32.0. The maximum absolute atomic E-state index is 15.3. The van der Waals surface area contributed by atoms with E-state index in [4.69, 9.17) is 0 Å². The van der Waals surface area contributed by atoms with Crippen molar-refractivity contribution in [1.82, 2.24) is 9.97 Å². The van der Waals surface area contributed by atoms with Gasteiger partial charge in [0.2, 0.25) is 0 Å². The molecular weight excluding hydrogens is 562 g/mol. The zero-order chi connectivity index (χ0) is 29.8. The highest BCUT2D eigenvalue weighted by Gasteiger charge is 2.20. The third kappa shape index (κ3) is 6.27. The molecule has 0 fully saturated rings. The molecule has 0 unspecified atom stereocenters. The van der Waals surface area contributed by atoms with Gasteiger partial charge in [-0.2, -0.15) is 0 Å². The van der Waals surface area contributed by atoms with Crippen LogP contribution in [0.5, 0.6) is 0 Å². The van der Waals surface area contributed by atoms with E-state index >= 15 is 8.78 Å². The van der Waals surface area contributed by atoms with E-state index in [1.165, 1.54) is 24.3 Å². The van der Waals surface area contributed by atoms with Gasteiger partial charge in [-0.25, -0.2) is 17.2 Å². The maximum atomic E-state index is 15.3. The second kappa shape index (κ2) is 12.1. The van der Waals surface area contributed by atoms with E-state index < -0.39 is 33.0 Å². The highest BCUT2D eigenvalue weighted by Crippen LogP contribution is 2.34. The van der Waals surface area contributed by atoms with Crippen molar-refractivity contribution in [3.63, 3.8) is 0 Å². The van der Waals surface area contributed by atoms with Gasteiger partial charge in [-0.1, -0.05) is 84.9 Å². The number of rotatable bonds is 8. The predicted octanol–water partition coefficient (Wildman–Crippen LogP) is 8.54. The SMILES string of the molecule is O=S(=O)(Cc1ccc(-c2cnccc2-c2ccccc2)cc1F)Cc1ccc(-c2cnccc2-c2ccccc2)cc1F. The first-order valence-corrected chi connectivity index (χ1v) is 15.5. The average molecular weight is 589 g/mol. The van der Waals surface area contributed by atoms with Gasteiger partial charge in [0.25, 0.3) is 0 Å². The summed E-state index contributed by atoms with van der Waals surface area (Å²) in [5.41, 5.74) is 6.35. The summed E-state index contributed by atoms with van der Waals surface area (Å²) in [6.45, 7) is 0. The molecule has 0 radical (unpaired) electrons. The zero-order valence-electron chi connectivity index (χ0n) is 23.0. The van der Waals surface area contributed by atoms with E-state index in [0.29, 0.717) is 11.1 Å². The molecule has 0 N–H and O–H groups in total. The van der Waals surface area contributed by atoms with Crippen LogP contribution in [0.2, 0.25) is 0 Å². The van der Waals surface area contributed by atoms with Crippen molar-refractivity contribution < 1.29 is 17.2 Å². The molecule has 6 aromatic rings. The van der Waals surface area contributed by atoms with Crippen LogP contribution in [0.15, 0.2) is 134 Å². The van der Waals surface area contributed by atoms with Crippen LogP contribution in [0, 0.1) is 11.6 Å². The Morgan fingerprint density at radius 2 is 0.907 bits per heavy atom. The van der Waals surface area contributed by atoms with Gasteiger partial charge in [0, 0.05) is 47.0 Å². The van der Waals surface area contributed by atoms with Crippen molar-refractivity contribution in [1.29, 1.82) is 0 Å². The van der Waals surface area contributed by atoms with Gasteiger partial charge in [0.15, 0.2) is 9.84 Å². The monoisotopic (exact) mass is 588 g/mol. The number of halogens is 2. The number of nitrogens with zero attached hydrogens (tertiary/aromatic N) is 2. The normalized spacial score (nSPS) is 11.4. The summed E-state index contributed by atoms with van der Waals surface area (Å²) < 4.78 is 56.8. The highest BCUT2D eigenvalue weighted by molar-refractivity contribution is 7.89. The van der Waals surface area contributed by atoms with Crippen molar-refractivity contribution in [2.24, 2.45) is 0 Å². The van der Waals surface area contributed by atoms with Gasteiger partial charge in [-0.15, -0.1) is 0 Å². The highest BCUT2D eigenvalue weighted by atomic mass is 32.2. The van der Waals surface area contributed by atoms with Crippen LogP contribution >= 0.6 is 0 Å². The molecule has 43 heavy (non-hydrogen) atoms. The molecule has 0 saturated carbocycles. The summed E-state index contributed by atoms with van der Waals surface area (Å²) in [5.74, 6) is -2.41. The average Bonchev–Trinajstić information content (AvgIpc) is 3.04. The first-order chi connectivity index (χ1) is 20.9. The lowest BCUT2D eigenvalue weighted by molar-refractivity contribution is 0.581. The van der Waals surface area contributed by atoms with E-state index in [9.17, 15) is 8.42 Å². The van der Waals surface area contributed by atoms with Gasteiger partial charge < -0.3 is 0 Å². The molecule has 0 saturated heterocycles. The zero-order valence-corrected chi connectivity index (χ0v) is 23.8. The van der Waals surface area contributed by atoms with Gasteiger partial charge >= 0.3 is 0 Å². The van der Waals surface area contributed by atoms with Crippen LogP contribution in [-0.2, 0) is 21.3 Å². The second-order valence-corrected chi connectivity index (χ2v) is 12.3. The molecule has 0 spiro atoms. The van der Waals surface area contributed by atoms with Gasteiger partial charge in [-0.3, -0.25) is 9.97 Å². The number of aromatic nitrogens is 2. The molecular formula is C36H26F2N2O2S. The quantitative estimate of drug-likeness (QED) is 0.179. The molecule has 0 aliphatic rings. The third-order valence-corrected chi connectivity index (χ3v) is 8.79. The first kappa shape index (κ1) is 28.1. The summed E-state index contributed by atoms with van der Waals surface area (Å²) in [7, 11) is -3.89. The van der Waals surface area contributed by atoms with Crippen LogP contribution in [0.4, 0.5) is 8.78 Å². The number of pyridine rings is 2. The lowest BCUT2D eigenvalue weighted by atomic mass is 9.96. The van der Waals surface area contributed by atoms with Crippen LogP contribution in [-0.4, -0.2) is 18.4 Å². The number of hydrogen-bond acceptors (Lipinski definition) is 4. The Hall–Kier alpha value is -5.01. The molecule has 0 aliphatic heterocycles. The number of hydrogen-bond donors (Lipinski definition) is 0. The van der Waals surface area contributed by atoms with Gasteiger partial charge in [-0.05, 0) is 57.6 Å². The third-order valence-electron chi connectivity index (χ3n) is 7.29. The van der Waals surface area contributed by atoms with Crippen molar-refractivity contribution in [2.75, 3.05) is 0 Å². The van der Waals surface area contributed by atoms with Crippen LogP contribution in [0.25, 0.3) is 44.5 Å². The topological polar surface area (TPSA) is 59.9 Å². The van der Waals surface area contributed by atoms with Crippen LogP contribution in [0.1, 0.15) is 11.1 Å². The Morgan fingerprint density at radius 1 is 0.488 bits per heavy atom. The summed E-state index contributed by atoms with van der Waals surface area (Å²) in [5, 5.41) is 0. The molecule has 212 valence electrons.